The van der Waals surface area contributed by atoms with E-state index in [9.17, 15) is 9.59 Å². The van der Waals surface area contributed by atoms with E-state index in [-0.39, 0.29) is 24.2 Å². The number of carbonyl (C=O) groups is 2. The Balaban J connectivity index is 1.96. The minimum absolute atomic E-state index is 0.0525. The zero-order valence-electron chi connectivity index (χ0n) is 10.1. The van der Waals surface area contributed by atoms with Crippen LogP contribution in [0.1, 0.15) is 18.9 Å². The number of hydrogen-bond donors (Lipinski definition) is 0. The Kier molecular flexibility index (Phi) is 3.57. The molecular weight excluding hydrogens is 214 g/mol. The normalized spacial score (nSPS) is 19.7. The van der Waals surface area contributed by atoms with Gasteiger partial charge in [0.05, 0.1) is 6.54 Å². The lowest BCUT2D eigenvalue weighted by Crippen LogP contribution is -2.32. The molecule has 3 heteroatoms. The van der Waals surface area contributed by atoms with E-state index in [2.05, 4.69) is 0 Å². The van der Waals surface area contributed by atoms with E-state index in [1.165, 1.54) is 12.5 Å². The Morgan fingerprint density at radius 1 is 1.35 bits per heavy atom. The number of rotatable bonds is 4. The lowest BCUT2D eigenvalue weighted by Gasteiger charge is -2.14. The molecule has 1 aliphatic heterocycles. The summed E-state index contributed by atoms with van der Waals surface area (Å²) in [6, 6.07) is 10.0. The Morgan fingerprint density at radius 2 is 2.06 bits per heavy atom. The molecule has 3 nitrogen and oxygen atoms in total. The van der Waals surface area contributed by atoms with Crippen molar-refractivity contribution in [3.05, 3.63) is 35.9 Å². The molecule has 1 unspecified atom stereocenters. The third-order valence-corrected chi connectivity index (χ3v) is 3.15. The largest absolute Gasteiger partial charge is 0.335 e. The number of hydrogen-bond acceptors (Lipinski definition) is 2. The molecule has 1 aromatic carbocycles. The highest BCUT2D eigenvalue weighted by molar-refractivity contribution is 5.87. The van der Waals surface area contributed by atoms with Gasteiger partial charge in [-0.2, -0.15) is 0 Å². The summed E-state index contributed by atoms with van der Waals surface area (Å²) in [5, 5.41) is 0. The van der Waals surface area contributed by atoms with Crippen molar-refractivity contribution in [2.45, 2.75) is 19.8 Å². The number of amides is 1. The molecule has 0 bridgehead atoms. The molecule has 1 fully saturated rings. The molecule has 2 rings (SSSR count). The summed E-state index contributed by atoms with van der Waals surface area (Å²) < 4.78 is 0. The van der Waals surface area contributed by atoms with Gasteiger partial charge in [-0.05, 0) is 25.3 Å². The van der Waals surface area contributed by atoms with Crippen molar-refractivity contribution in [1.82, 2.24) is 4.90 Å². The van der Waals surface area contributed by atoms with Crippen LogP contribution in [0.5, 0.6) is 0 Å². The smallest absolute Gasteiger partial charge is 0.226 e. The molecule has 0 N–H and O–H groups in total. The van der Waals surface area contributed by atoms with E-state index >= 15 is 0 Å². The van der Waals surface area contributed by atoms with Crippen LogP contribution >= 0.6 is 0 Å². The lowest BCUT2D eigenvalue weighted by molar-refractivity contribution is -0.134. The highest BCUT2D eigenvalue weighted by atomic mass is 16.2. The minimum Gasteiger partial charge on any atom is -0.335 e. The van der Waals surface area contributed by atoms with Gasteiger partial charge in [-0.15, -0.1) is 0 Å². The van der Waals surface area contributed by atoms with E-state index in [4.69, 9.17) is 0 Å². The fourth-order valence-corrected chi connectivity index (χ4v) is 2.32. The monoisotopic (exact) mass is 231 g/mol. The number of likely N-dealkylation sites (tertiary alicyclic amines) is 1. The molecule has 0 aromatic heterocycles. The molecule has 1 saturated heterocycles. The third-order valence-electron chi connectivity index (χ3n) is 3.15. The summed E-state index contributed by atoms with van der Waals surface area (Å²) >= 11 is 0. The first-order chi connectivity index (χ1) is 8.16. The Labute approximate surface area is 101 Å². The van der Waals surface area contributed by atoms with Gasteiger partial charge >= 0.3 is 0 Å². The molecule has 1 amide bonds. The summed E-state index contributed by atoms with van der Waals surface area (Å²) in [4.78, 5) is 24.7. The molecule has 1 atom stereocenters. The van der Waals surface area contributed by atoms with Crippen LogP contribution < -0.4 is 0 Å². The molecule has 0 spiro atoms. The molecule has 1 aliphatic rings. The van der Waals surface area contributed by atoms with Crippen LogP contribution in [-0.2, 0) is 16.0 Å². The maximum atomic E-state index is 12.0. The third kappa shape index (κ3) is 2.93. The number of carbonyl (C=O) groups excluding carboxylic acids is 2. The van der Waals surface area contributed by atoms with Gasteiger partial charge in [0.1, 0.15) is 5.78 Å². The van der Waals surface area contributed by atoms with Crippen molar-refractivity contribution in [2.75, 3.05) is 13.1 Å². The SMILES string of the molecule is CC(=O)CN1CCC(Cc2ccccc2)C1=O. The maximum Gasteiger partial charge on any atom is 0.226 e. The van der Waals surface area contributed by atoms with Gasteiger partial charge in [-0.3, -0.25) is 9.59 Å². The highest BCUT2D eigenvalue weighted by Gasteiger charge is 2.31. The standard InChI is InChI=1S/C14H17NO2/c1-11(16)10-15-8-7-13(14(15)17)9-12-5-3-2-4-6-12/h2-6,13H,7-10H2,1H3. The van der Waals surface area contributed by atoms with Crippen LogP contribution in [-0.4, -0.2) is 29.7 Å². The van der Waals surface area contributed by atoms with Crippen LogP contribution in [0.2, 0.25) is 0 Å². The second-order valence-electron chi connectivity index (χ2n) is 4.64. The fraction of sp³-hybridized carbons (Fsp3) is 0.429. The van der Waals surface area contributed by atoms with Gasteiger partial charge in [0.15, 0.2) is 0 Å². The molecular formula is C14H17NO2. The Bertz CT molecular complexity index is 413. The van der Waals surface area contributed by atoms with Crippen molar-refractivity contribution in [3.63, 3.8) is 0 Å². The van der Waals surface area contributed by atoms with Crippen molar-refractivity contribution in [3.8, 4) is 0 Å². The van der Waals surface area contributed by atoms with Gasteiger partial charge in [-0.1, -0.05) is 30.3 Å². The molecule has 0 saturated carbocycles. The number of nitrogens with zero attached hydrogens (tertiary/aromatic N) is 1. The predicted octanol–water partition coefficient (Wildman–Crippen LogP) is 1.67. The van der Waals surface area contributed by atoms with Crippen LogP contribution in [0.3, 0.4) is 0 Å². The first kappa shape index (κ1) is 11.8. The minimum atomic E-state index is 0.0525. The quantitative estimate of drug-likeness (QED) is 0.790. The zero-order chi connectivity index (χ0) is 12.3. The summed E-state index contributed by atoms with van der Waals surface area (Å²) in [7, 11) is 0. The topological polar surface area (TPSA) is 37.4 Å². The fourth-order valence-electron chi connectivity index (χ4n) is 2.32. The molecule has 1 heterocycles. The van der Waals surface area contributed by atoms with Gasteiger partial charge in [0.2, 0.25) is 5.91 Å². The zero-order valence-corrected chi connectivity index (χ0v) is 10.1. The summed E-state index contributed by atoms with van der Waals surface area (Å²) in [5.41, 5.74) is 1.19. The maximum absolute atomic E-state index is 12.0. The highest BCUT2D eigenvalue weighted by Crippen LogP contribution is 2.22. The van der Waals surface area contributed by atoms with Crippen molar-refractivity contribution in [1.29, 1.82) is 0 Å². The number of ketones is 1. The van der Waals surface area contributed by atoms with Crippen molar-refractivity contribution in [2.24, 2.45) is 5.92 Å². The molecule has 0 aliphatic carbocycles. The first-order valence-electron chi connectivity index (χ1n) is 5.99. The second kappa shape index (κ2) is 5.13. The van der Waals surface area contributed by atoms with E-state index in [1.807, 2.05) is 30.3 Å². The van der Waals surface area contributed by atoms with Crippen molar-refractivity contribution >= 4 is 11.7 Å². The Hall–Kier alpha value is -1.64. The molecule has 0 radical (unpaired) electrons. The lowest BCUT2D eigenvalue weighted by atomic mass is 9.98. The van der Waals surface area contributed by atoms with Crippen LogP contribution in [0.15, 0.2) is 30.3 Å². The predicted molar refractivity (Wildman–Crippen MR) is 65.5 cm³/mol. The molecule has 90 valence electrons. The van der Waals surface area contributed by atoms with Gasteiger partial charge in [0.25, 0.3) is 0 Å². The van der Waals surface area contributed by atoms with E-state index in [0.29, 0.717) is 0 Å². The summed E-state index contributed by atoms with van der Waals surface area (Å²) in [6.45, 7) is 2.51. The average Bonchev–Trinajstić information content (AvgIpc) is 2.62. The number of Topliss-reactive ketones (excluding diaryl/α,β-unsaturated/α-hetero) is 1. The van der Waals surface area contributed by atoms with Crippen LogP contribution in [0, 0.1) is 5.92 Å². The second-order valence-corrected chi connectivity index (χ2v) is 4.64. The summed E-state index contributed by atoms with van der Waals surface area (Å²) in [5.74, 6) is 0.236. The first-order valence-corrected chi connectivity index (χ1v) is 5.99. The van der Waals surface area contributed by atoms with Crippen LogP contribution in [0.4, 0.5) is 0 Å². The van der Waals surface area contributed by atoms with Crippen LogP contribution in [0.25, 0.3) is 0 Å². The van der Waals surface area contributed by atoms with E-state index in [0.717, 1.165) is 19.4 Å². The van der Waals surface area contributed by atoms with Gasteiger partial charge < -0.3 is 4.90 Å². The van der Waals surface area contributed by atoms with Gasteiger partial charge in [0, 0.05) is 12.5 Å². The average molecular weight is 231 g/mol. The molecule has 17 heavy (non-hydrogen) atoms. The Morgan fingerprint density at radius 3 is 2.71 bits per heavy atom. The number of benzene rings is 1. The summed E-state index contributed by atoms with van der Waals surface area (Å²) in [6.07, 6.45) is 1.65. The van der Waals surface area contributed by atoms with E-state index in [1.54, 1.807) is 4.90 Å². The molecule has 1 aromatic rings. The van der Waals surface area contributed by atoms with Gasteiger partial charge in [-0.25, -0.2) is 0 Å². The van der Waals surface area contributed by atoms with Crippen molar-refractivity contribution < 1.29 is 9.59 Å². The van der Waals surface area contributed by atoms with E-state index < -0.39 is 0 Å².